The van der Waals surface area contributed by atoms with E-state index in [1.54, 1.807) is 19.1 Å². The largest absolute Gasteiger partial charge is 0.449 e. The maximum atomic E-state index is 8.94. The van der Waals surface area contributed by atoms with Crippen LogP contribution in [0.5, 0.6) is 0 Å². The van der Waals surface area contributed by atoms with Crippen LogP contribution >= 0.6 is 0 Å². The highest BCUT2D eigenvalue weighted by Crippen LogP contribution is 2.05. The summed E-state index contributed by atoms with van der Waals surface area (Å²) in [4.78, 5) is 0. The zero-order chi connectivity index (χ0) is 9.68. The summed E-state index contributed by atoms with van der Waals surface area (Å²) in [6, 6.07) is 5.27. The Labute approximate surface area is 76.8 Å². The third-order valence-corrected chi connectivity index (χ3v) is 1.51. The second-order valence-electron chi connectivity index (χ2n) is 2.86. The summed E-state index contributed by atoms with van der Waals surface area (Å²) in [5.74, 6) is 1.02. The van der Waals surface area contributed by atoms with E-state index in [9.17, 15) is 0 Å². The first kappa shape index (κ1) is 9.78. The first-order valence-corrected chi connectivity index (χ1v) is 4.10. The Bertz CT molecular complexity index is 299. The topological polar surface area (TPSA) is 69.2 Å². The molecule has 0 amide bonds. The molecule has 0 bridgehead atoms. The molecule has 4 heteroatoms. The van der Waals surface area contributed by atoms with E-state index in [0.717, 1.165) is 0 Å². The van der Waals surface area contributed by atoms with Crippen LogP contribution in [-0.4, -0.2) is 17.8 Å². The standard InChI is InChI=1S/C9H12N2O2/c1-7(12)5-11-6-9-3-2-8(4-10)13-9/h2-3,7,11-12H,5-6H2,1H3/t7-/m0/s1. The monoisotopic (exact) mass is 180 g/mol. The zero-order valence-electron chi connectivity index (χ0n) is 7.45. The number of rotatable bonds is 4. The van der Waals surface area contributed by atoms with Crippen molar-refractivity contribution in [3.63, 3.8) is 0 Å². The van der Waals surface area contributed by atoms with Crippen molar-refractivity contribution >= 4 is 0 Å². The van der Waals surface area contributed by atoms with Crippen LogP contribution in [0.4, 0.5) is 0 Å². The van der Waals surface area contributed by atoms with Gasteiger partial charge in [0.15, 0.2) is 0 Å². The molecule has 0 fully saturated rings. The van der Waals surface area contributed by atoms with E-state index in [-0.39, 0.29) is 6.10 Å². The van der Waals surface area contributed by atoms with Crippen molar-refractivity contribution in [2.75, 3.05) is 6.54 Å². The van der Waals surface area contributed by atoms with Crippen LogP contribution in [0.1, 0.15) is 18.4 Å². The quantitative estimate of drug-likeness (QED) is 0.712. The first-order chi connectivity index (χ1) is 6.22. The lowest BCUT2D eigenvalue weighted by atomic mass is 10.4. The molecule has 2 N–H and O–H groups in total. The average Bonchev–Trinajstić information content (AvgIpc) is 2.52. The minimum atomic E-state index is -0.370. The number of aliphatic hydroxyl groups is 1. The Morgan fingerprint density at radius 3 is 3.00 bits per heavy atom. The Kier molecular flexibility index (Phi) is 3.50. The summed E-state index contributed by atoms with van der Waals surface area (Å²) in [6.45, 7) is 2.75. The predicted molar refractivity (Wildman–Crippen MR) is 46.8 cm³/mol. The SMILES string of the molecule is C[C@H](O)CNCc1ccc(C#N)o1. The molecule has 0 saturated heterocycles. The smallest absolute Gasteiger partial charge is 0.203 e. The van der Waals surface area contributed by atoms with Crippen molar-refractivity contribution in [3.8, 4) is 6.07 Å². The van der Waals surface area contributed by atoms with Crippen molar-refractivity contribution < 1.29 is 9.52 Å². The first-order valence-electron chi connectivity index (χ1n) is 4.10. The summed E-state index contributed by atoms with van der Waals surface area (Å²) in [5, 5.41) is 20.4. The average molecular weight is 180 g/mol. The zero-order valence-corrected chi connectivity index (χ0v) is 7.45. The fourth-order valence-corrected chi connectivity index (χ4v) is 0.937. The van der Waals surface area contributed by atoms with Crippen molar-refractivity contribution in [3.05, 3.63) is 23.7 Å². The van der Waals surface area contributed by atoms with Crippen molar-refractivity contribution in [2.45, 2.75) is 19.6 Å². The minimum absolute atomic E-state index is 0.314. The van der Waals surface area contributed by atoms with Gasteiger partial charge in [-0.05, 0) is 19.1 Å². The van der Waals surface area contributed by atoms with E-state index < -0.39 is 0 Å². The molecule has 4 nitrogen and oxygen atoms in total. The number of hydrogen-bond acceptors (Lipinski definition) is 4. The second kappa shape index (κ2) is 4.65. The molecule has 0 aliphatic rings. The molecule has 0 aromatic carbocycles. The fourth-order valence-electron chi connectivity index (χ4n) is 0.937. The molecular formula is C9H12N2O2. The Morgan fingerprint density at radius 2 is 2.46 bits per heavy atom. The summed E-state index contributed by atoms with van der Waals surface area (Å²) >= 11 is 0. The number of hydrogen-bond donors (Lipinski definition) is 2. The summed E-state index contributed by atoms with van der Waals surface area (Å²) < 4.78 is 5.11. The minimum Gasteiger partial charge on any atom is -0.449 e. The van der Waals surface area contributed by atoms with Gasteiger partial charge in [0.2, 0.25) is 5.76 Å². The highest BCUT2D eigenvalue weighted by Gasteiger charge is 2.00. The van der Waals surface area contributed by atoms with Gasteiger partial charge in [0.1, 0.15) is 11.8 Å². The number of furan rings is 1. The molecule has 0 spiro atoms. The van der Waals surface area contributed by atoms with Crippen molar-refractivity contribution in [2.24, 2.45) is 0 Å². The normalized spacial score (nSPS) is 12.4. The van der Waals surface area contributed by atoms with Gasteiger partial charge in [-0.25, -0.2) is 0 Å². The van der Waals surface area contributed by atoms with Gasteiger partial charge in [-0.15, -0.1) is 0 Å². The van der Waals surface area contributed by atoms with E-state index in [4.69, 9.17) is 14.8 Å². The maximum Gasteiger partial charge on any atom is 0.203 e. The molecule has 0 unspecified atom stereocenters. The third kappa shape index (κ3) is 3.28. The Morgan fingerprint density at radius 1 is 1.69 bits per heavy atom. The molecule has 1 atom stereocenters. The van der Waals surface area contributed by atoms with E-state index in [0.29, 0.717) is 24.6 Å². The molecule has 13 heavy (non-hydrogen) atoms. The molecular weight excluding hydrogens is 168 g/mol. The van der Waals surface area contributed by atoms with Crippen LogP contribution in [0.15, 0.2) is 16.5 Å². The van der Waals surface area contributed by atoms with E-state index in [1.807, 2.05) is 6.07 Å². The van der Waals surface area contributed by atoms with Crippen molar-refractivity contribution in [1.82, 2.24) is 5.32 Å². The van der Waals surface area contributed by atoms with Crippen molar-refractivity contribution in [1.29, 1.82) is 5.26 Å². The Hall–Kier alpha value is -1.31. The second-order valence-corrected chi connectivity index (χ2v) is 2.86. The summed E-state index contributed by atoms with van der Waals surface area (Å²) in [6.07, 6.45) is -0.370. The lowest BCUT2D eigenvalue weighted by Gasteiger charge is -2.03. The summed E-state index contributed by atoms with van der Waals surface area (Å²) in [7, 11) is 0. The molecule has 0 aliphatic carbocycles. The van der Waals surface area contributed by atoms with Crippen LogP contribution in [0.25, 0.3) is 0 Å². The number of aliphatic hydroxyl groups excluding tert-OH is 1. The van der Waals surface area contributed by atoms with Gasteiger partial charge in [0.05, 0.1) is 12.6 Å². The van der Waals surface area contributed by atoms with Crippen LogP contribution in [-0.2, 0) is 6.54 Å². The van der Waals surface area contributed by atoms with E-state index in [2.05, 4.69) is 5.32 Å². The number of nitrogens with one attached hydrogen (secondary N) is 1. The van der Waals surface area contributed by atoms with Gasteiger partial charge < -0.3 is 14.8 Å². The molecule has 1 rings (SSSR count). The molecule has 0 saturated carbocycles. The van der Waals surface area contributed by atoms with E-state index >= 15 is 0 Å². The molecule has 1 aromatic rings. The molecule has 1 aromatic heterocycles. The van der Waals surface area contributed by atoms with Gasteiger partial charge in [0.25, 0.3) is 0 Å². The van der Waals surface area contributed by atoms with Crippen LogP contribution in [0.2, 0.25) is 0 Å². The number of nitrogens with zero attached hydrogens (tertiary/aromatic N) is 1. The molecule has 0 aliphatic heterocycles. The molecule has 1 heterocycles. The van der Waals surface area contributed by atoms with Crippen LogP contribution in [0, 0.1) is 11.3 Å². The lowest BCUT2D eigenvalue weighted by molar-refractivity contribution is 0.190. The highest BCUT2D eigenvalue weighted by molar-refractivity contribution is 5.18. The molecule has 70 valence electrons. The van der Waals surface area contributed by atoms with Gasteiger partial charge in [-0.3, -0.25) is 0 Å². The summed E-state index contributed by atoms with van der Waals surface area (Å²) in [5.41, 5.74) is 0. The molecule has 0 radical (unpaired) electrons. The predicted octanol–water partition coefficient (Wildman–Crippen LogP) is 0.622. The Balaban J connectivity index is 2.34. The lowest BCUT2D eigenvalue weighted by Crippen LogP contribution is -2.23. The van der Waals surface area contributed by atoms with Gasteiger partial charge in [0, 0.05) is 6.54 Å². The van der Waals surface area contributed by atoms with E-state index in [1.165, 1.54) is 0 Å². The highest BCUT2D eigenvalue weighted by atomic mass is 16.3. The van der Waals surface area contributed by atoms with Crippen LogP contribution in [0.3, 0.4) is 0 Å². The van der Waals surface area contributed by atoms with Gasteiger partial charge >= 0.3 is 0 Å². The van der Waals surface area contributed by atoms with Gasteiger partial charge in [-0.2, -0.15) is 5.26 Å². The van der Waals surface area contributed by atoms with Crippen LogP contribution < -0.4 is 5.32 Å². The maximum absolute atomic E-state index is 8.94. The fraction of sp³-hybridized carbons (Fsp3) is 0.444. The number of nitriles is 1. The van der Waals surface area contributed by atoms with Gasteiger partial charge in [-0.1, -0.05) is 0 Å². The third-order valence-electron chi connectivity index (χ3n) is 1.51.